The van der Waals surface area contributed by atoms with E-state index in [0.29, 0.717) is 21.7 Å². The van der Waals surface area contributed by atoms with Crippen molar-refractivity contribution >= 4 is 23.8 Å². The standard InChI is InChI=1S/C21H15N5O2S/c1-11-7-8-13-15(9-11)24-19(27)21(13)14(10-22)17(23)28-18-16(21)26(20(29)25-18)12-5-3-2-4-6-12/h2-9H,23H2,1H3,(H,24,27)(H,25,29)/t21-/m1/s1. The molecule has 0 fully saturated rings. The molecule has 0 saturated heterocycles. The largest absolute Gasteiger partial charge is 0.422 e. The summed E-state index contributed by atoms with van der Waals surface area (Å²) in [5.41, 5.74) is 8.08. The Hall–Kier alpha value is -3.83. The van der Waals surface area contributed by atoms with Crippen molar-refractivity contribution in [1.82, 2.24) is 9.55 Å². The van der Waals surface area contributed by atoms with Crippen LogP contribution >= 0.6 is 12.2 Å². The number of carbonyl (C=O) groups excluding carboxylic acids is 1. The zero-order valence-corrected chi connectivity index (χ0v) is 16.1. The number of nitrogens with zero attached hydrogens (tertiary/aromatic N) is 2. The molecular formula is C21H15N5O2S. The topological polar surface area (TPSA) is 109 Å². The molecule has 1 amide bonds. The Morgan fingerprint density at radius 2 is 2.00 bits per heavy atom. The highest BCUT2D eigenvalue weighted by Gasteiger charge is 2.59. The van der Waals surface area contributed by atoms with Gasteiger partial charge in [0.15, 0.2) is 10.2 Å². The summed E-state index contributed by atoms with van der Waals surface area (Å²) in [5, 5.41) is 12.9. The minimum Gasteiger partial charge on any atom is -0.422 e. The number of fused-ring (bicyclic) bond motifs is 4. The fourth-order valence-electron chi connectivity index (χ4n) is 4.16. The first kappa shape index (κ1) is 17.3. The second-order valence-electron chi connectivity index (χ2n) is 6.99. The minimum atomic E-state index is -1.47. The van der Waals surface area contributed by atoms with E-state index in [0.717, 1.165) is 11.3 Å². The predicted octanol–water partition coefficient (Wildman–Crippen LogP) is 3.17. The summed E-state index contributed by atoms with van der Waals surface area (Å²) < 4.78 is 7.76. The molecule has 2 aliphatic rings. The second-order valence-corrected chi connectivity index (χ2v) is 7.37. The zero-order chi connectivity index (χ0) is 20.3. The van der Waals surface area contributed by atoms with E-state index in [9.17, 15) is 10.1 Å². The first-order valence-corrected chi connectivity index (χ1v) is 9.31. The number of amides is 1. The Labute approximate surface area is 171 Å². The number of nitrogens with one attached hydrogen (secondary N) is 2. The lowest BCUT2D eigenvalue weighted by Crippen LogP contribution is -2.43. The van der Waals surface area contributed by atoms with Gasteiger partial charge in [-0.25, -0.2) is 0 Å². The van der Waals surface area contributed by atoms with E-state index in [-0.39, 0.29) is 23.2 Å². The zero-order valence-electron chi connectivity index (χ0n) is 15.3. The number of aryl methyl sites for hydroxylation is 1. The van der Waals surface area contributed by atoms with Gasteiger partial charge in [-0.2, -0.15) is 5.26 Å². The summed E-state index contributed by atoms with van der Waals surface area (Å²) in [6.07, 6.45) is 0. The van der Waals surface area contributed by atoms with Crippen molar-refractivity contribution in [2.45, 2.75) is 12.3 Å². The molecule has 0 bridgehead atoms. The van der Waals surface area contributed by atoms with Crippen molar-refractivity contribution in [1.29, 1.82) is 5.26 Å². The number of benzene rings is 2. The van der Waals surface area contributed by atoms with Gasteiger partial charge in [0.2, 0.25) is 17.7 Å². The van der Waals surface area contributed by atoms with Gasteiger partial charge in [0, 0.05) is 16.9 Å². The lowest BCUT2D eigenvalue weighted by atomic mass is 9.71. The molecule has 5 rings (SSSR count). The molecule has 1 atom stereocenters. The van der Waals surface area contributed by atoms with Crippen LogP contribution in [0.5, 0.6) is 5.88 Å². The second kappa shape index (κ2) is 5.83. The van der Waals surface area contributed by atoms with Gasteiger partial charge in [-0.1, -0.05) is 30.3 Å². The fourth-order valence-corrected chi connectivity index (χ4v) is 4.45. The fraction of sp³-hybridized carbons (Fsp3) is 0.0952. The van der Waals surface area contributed by atoms with Gasteiger partial charge in [-0.05, 0) is 42.9 Å². The lowest BCUT2D eigenvalue weighted by molar-refractivity contribution is -0.118. The molecule has 3 heterocycles. The van der Waals surface area contributed by atoms with Crippen LogP contribution in [0.4, 0.5) is 5.69 Å². The van der Waals surface area contributed by atoms with Crippen LogP contribution in [-0.4, -0.2) is 15.5 Å². The molecule has 0 aliphatic carbocycles. The number of nitriles is 1. The van der Waals surface area contributed by atoms with E-state index in [1.807, 2.05) is 55.5 Å². The monoisotopic (exact) mass is 401 g/mol. The van der Waals surface area contributed by atoms with Crippen molar-refractivity contribution in [2.75, 3.05) is 5.32 Å². The molecule has 4 N–H and O–H groups in total. The number of aromatic nitrogens is 2. The van der Waals surface area contributed by atoms with E-state index >= 15 is 0 Å². The Morgan fingerprint density at radius 1 is 1.24 bits per heavy atom. The Balaban J connectivity index is 1.95. The maximum atomic E-state index is 13.5. The molecule has 3 aromatic rings. The molecule has 1 aromatic heterocycles. The Kier molecular flexibility index (Phi) is 3.48. The van der Waals surface area contributed by atoms with Gasteiger partial charge in [0.1, 0.15) is 17.3 Å². The number of hydrogen-bond donors (Lipinski definition) is 3. The molecule has 2 aromatic carbocycles. The van der Waals surface area contributed by atoms with E-state index in [1.54, 1.807) is 4.57 Å². The molecule has 0 unspecified atom stereocenters. The van der Waals surface area contributed by atoms with E-state index < -0.39 is 5.41 Å². The summed E-state index contributed by atoms with van der Waals surface area (Å²) in [6.45, 7) is 1.93. The highest BCUT2D eigenvalue weighted by Crippen LogP contribution is 2.53. The van der Waals surface area contributed by atoms with Crippen molar-refractivity contribution in [3.63, 3.8) is 0 Å². The highest BCUT2D eigenvalue weighted by atomic mass is 32.1. The molecule has 0 saturated carbocycles. The lowest BCUT2D eigenvalue weighted by Gasteiger charge is -2.32. The number of carbonyl (C=O) groups is 1. The average molecular weight is 401 g/mol. The first-order chi connectivity index (χ1) is 14.0. The SMILES string of the molecule is Cc1ccc2c(c1)NC(=O)[C@@]21C(C#N)=C(N)Oc2[nH]c(=S)n(-c3ccccc3)c21. The molecule has 29 heavy (non-hydrogen) atoms. The van der Waals surface area contributed by atoms with Crippen LogP contribution in [0.25, 0.3) is 5.69 Å². The van der Waals surface area contributed by atoms with Gasteiger partial charge >= 0.3 is 0 Å². The highest BCUT2D eigenvalue weighted by molar-refractivity contribution is 7.71. The molecule has 0 radical (unpaired) electrons. The van der Waals surface area contributed by atoms with Crippen molar-refractivity contribution in [2.24, 2.45) is 5.73 Å². The molecule has 1 spiro atoms. The Morgan fingerprint density at radius 3 is 2.72 bits per heavy atom. The van der Waals surface area contributed by atoms with Crippen molar-refractivity contribution in [3.05, 3.63) is 81.6 Å². The third-order valence-corrected chi connectivity index (χ3v) is 5.63. The maximum absolute atomic E-state index is 13.5. The molecule has 7 nitrogen and oxygen atoms in total. The number of para-hydroxylation sites is 1. The molecular weight excluding hydrogens is 386 g/mol. The summed E-state index contributed by atoms with van der Waals surface area (Å²) in [4.78, 5) is 16.5. The Bertz CT molecular complexity index is 1330. The van der Waals surface area contributed by atoms with Crippen molar-refractivity contribution in [3.8, 4) is 17.6 Å². The number of anilines is 1. The van der Waals surface area contributed by atoms with Gasteiger partial charge in [-0.15, -0.1) is 0 Å². The van der Waals surface area contributed by atoms with E-state index in [4.69, 9.17) is 22.7 Å². The maximum Gasteiger partial charge on any atom is 0.246 e. The predicted molar refractivity (Wildman–Crippen MR) is 109 cm³/mol. The van der Waals surface area contributed by atoms with Crippen LogP contribution in [0.1, 0.15) is 16.8 Å². The first-order valence-electron chi connectivity index (χ1n) is 8.90. The van der Waals surface area contributed by atoms with Gasteiger partial charge in [0.25, 0.3) is 0 Å². The van der Waals surface area contributed by atoms with Crippen molar-refractivity contribution < 1.29 is 9.53 Å². The smallest absolute Gasteiger partial charge is 0.246 e. The quantitative estimate of drug-likeness (QED) is 0.543. The number of nitrogens with two attached hydrogens (primary N) is 1. The van der Waals surface area contributed by atoms with Gasteiger partial charge in [-0.3, -0.25) is 9.36 Å². The summed E-state index contributed by atoms with van der Waals surface area (Å²) in [6, 6.07) is 17.1. The van der Waals surface area contributed by atoms with Crippen LogP contribution in [0.2, 0.25) is 0 Å². The number of ether oxygens (including phenoxy) is 1. The number of imidazole rings is 1. The van der Waals surface area contributed by atoms with Gasteiger partial charge < -0.3 is 20.8 Å². The molecule has 142 valence electrons. The molecule has 8 heteroatoms. The summed E-state index contributed by atoms with van der Waals surface area (Å²) in [7, 11) is 0. The van der Waals surface area contributed by atoms with Gasteiger partial charge in [0.05, 0.1) is 0 Å². The summed E-state index contributed by atoms with van der Waals surface area (Å²) >= 11 is 5.55. The van der Waals surface area contributed by atoms with Crippen LogP contribution in [0.15, 0.2) is 60.0 Å². The molecule has 2 aliphatic heterocycles. The number of H-pyrrole nitrogens is 1. The summed E-state index contributed by atoms with van der Waals surface area (Å²) in [5.74, 6) is -0.250. The normalized spacial score (nSPS) is 19.4. The van der Waals surface area contributed by atoms with Crippen LogP contribution in [0, 0.1) is 23.0 Å². The number of aromatic amines is 1. The third kappa shape index (κ3) is 2.10. The van der Waals surface area contributed by atoms with Crippen LogP contribution in [0.3, 0.4) is 0 Å². The van der Waals surface area contributed by atoms with Crippen LogP contribution < -0.4 is 15.8 Å². The minimum absolute atomic E-state index is 0.0313. The third-order valence-electron chi connectivity index (χ3n) is 5.34. The number of rotatable bonds is 1. The van der Waals surface area contributed by atoms with E-state index in [1.165, 1.54) is 0 Å². The average Bonchev–Trinajstić information content (AvgIpc) is 3.16. The number of hydrogen-bond acceptors (Lipinski definition) is 5. The van der Waals surface area contributed by atoms with E-state index in [2.05, 4.69) is 16.4 Å². The van der Waals surface area contributed by atoms with Crippen LogP contribution in [-0.2, 0) is 10.2 Å².